The fourth-order valence-corrected chi connectivity index (χ4v) is 10.1. The van der Waals surface area contributed by atoms with Gasteiger partial charge in [-0.05, 0) is 68.4 Å². The molecule has 13 nitrogen and oxygen atoms in total. The lowest BCUT2D eigenvalue weighted by Gasteiger charge is -2.36. The minimum absolute atomic E-state index is 0.0222. The first-order valence-corrected chi connectivity index (χ1v) is 21.9. The zero-order valence-electron chi connectivity index (χ0n) is 32.6. The third kappa shape index (κ3) is 7.55. The third-order valence-corrected chi connectivity index (χ3v) is 13.2. The van der Waals surface area contributed by atoms with Crippen molar-refractivity contribution in [2.24, 2.45) is 18.7 Å². The molecular weight excluding hydrogens is 854 g/mol. The number of fused-ring (bicyclic) bond motifs is 5. The molecule has 1 saturated heterocycles. The summed E-state index contributed by atoms with van der Waals surface area (Å²) in [7, 11) is -2.19. The summed E-state index contributed by atoms with van der Waals surface area (Å²) in [6.45, 7) is 2.14. The number of hydrogen-bond acceptors (Lipinski definition) is 10. The number of hydrogen-bond donors (Lipinski definition) is 3. The normalized spacial score (nSPS) is 19.9. The number of pyridine rings is 1. The van der Waals surface area contributed by atoms with Crippen molar-refractivity contribution in [3.63, 3.8) is 0 Å². The lowest BCUT2D eigenvalue weighted by Crippen LogP contribution is -2.48. The van der Waals surface area contributed by atoms with Gasteiger partial charge in [-0.2, -0.15) is 37.1 Å². The number of nitrogens with one attached hydrogen (secondary N) is 2. The molecule has 1 saturated carbocycles. The largest absolute Gasteiger partial charge is 0.435 e. The molecule has 0 spiro atoms. The summed E-state index contributed by atoms with van der Waals surface area (Å²) in [5.74, 6) is -8.91. The van der Waals surface area contributed by atoms with Gasteiger partial charge in [0.05, 0.1) is 28.2 Å². The van der Waals surface area contributed by atoms with Crippen LogP contribution in [0, 0.1) is 17.6 Å². The molecule has 2 aromatic carbocycles. The second kappa shape index (κ2) is 14.1. The lowest BCUT2D eigenvalue weighted by molar-refractivity contribution is -0.142. The third-order valence-electron chi connectivity index (χ3n) is 11.5. The van der Waals surface area contributed by atoms with Gasteiger partial charge >= 0.3 is 6.18 Å². The van der Waals surface area contributed by atoms with Gasteiger partial charge in [-0.3, -0.25) is 18.9 Å². The maximum Gasteiger partial charge on any atom is 0.435 e. The molecule has 2 aliphatic carbocycles. The van der Waals surface area contributed by atoms with E-state index in [0.717, 1.165) is 18.4 Å². The van der Waals surface area contributed by atoms with E-state index >= 15 is 8.78 Å². The zero-order chi connectivity index (χ0) is 43.6. The number of carbonyl (C=O) groups excluding carboxylic acids is 1. The molecule has 9 rings (SSSR count). The summed E-state index contributed by atoms with van der Waals surface area (Å²) < 4.78 is 132. The number of rotatable bonds is 10. The minimum Gasteiger partial charge on any atom is -0.348 e. The smallest absolute Gasteiger partial charge is 0.348 e. The monoisotopic (exact) mass is 890 g/mol. The highest BCUT2D eigenvalue weighted by atomic mass is 32.2. The van der Waals surface area contributed by atoms with Gasteiger partial charge in [0.2, 0.25) is 15.9 Å². The Kier molecular flexibility index (Phi) is 9.48. The molecule has 322 valence electrons. The molecule has 3 atom stereocenters. The molecule has 1 aliphatic heterocycles. The van der Waals surface area contributed by atoms with Crippen LogP contribution in [0.1, 0.15) is 66.4 Å². The van der Waals surface area contributed by atoms with Gasteiger partial charge in [-0.25, -0.2) is 22.2 Å². The Morgan fingerprint density at radius 2 is 1.75 bits per heavy atom. The van der Waals surface area contributed by atoms with Gasteiger partial charge in [0.15, 0.2) is 22.3 Å². The van der Waals surface area contributed by atoms with Crippen LogP contribution in [-0.4, -0.2) is 68.7 Å². The van der Waals surface area contributed by atoms with Crippen molar-refractivity contribution in [1.29, 1.82) is 0 Å². The summed E-state index contributed by atoms with van der Waals surface area (Å²) in [6.07, 6.45) is -3.19. The summed E-state index contributed by atoms with van der Waals surface area (Å²) in [5, 5.41) is 11.6. The molecule has 61 heavy (non-hydrogen) atoms. The highest BCUT2D eigenvalue weighted by molar-refractivity contribution is 7.92. The van der Waals surface area contributed by atoms with Crippen molar-refractivity contribution < 1.29 is 43.9 Å². The van der Waals surface area contributed by atoms with E-state index in [0.29, 0.717) is 68.5 Å². The maximum absolute atomic E-state index is 15.5. The van der Waals surface area contributed by atoms with Gasteiger partial charge in [-0.1, -0.05) is 23.5 Å². The highest BCUT2D eigenvalue weighted by Gasteiger charge is 2.68. The number of piperidine rings is 1. The Morgan fingerprint density at radius 1 is 1.05 bits per heavy atom. The summed E-state index contributed by atoms with van der Waals surface area (Å²) in [6, 6.07) is 8.17. The van der Waals surface area contributed by atoms with Crippen molar-refractivity contribution in [2.45, 2.75) is 68.7 Å². The van der Waals surface area contributed by atoms with Crippen LogP contribution >= 0.6 is 11.3 Å². The van der Waals surface area contributed by atoms with Crippen LogP contribution in [0.25, 0.3) is 32.4 Å². The van der Waals surface area contributed by atoms with Crippen molar-refractivity contribution >= 4 is 59.5 Å². The zero-order valence-corrected chi connectivity index (χ0v) is 34.3. The molecular formula is C39H37F7N10O3S2. The Bertz CT molecular complexity index is 2860. The maximum atomic E-state index is 15.5. The van der Waals surface area contributed by atoms with E-state index in [4.69, 9.17) is 15.7 Å². The number of nitrogens with zero attached hydrogens (tertiary/aromatic N) is 7. The number of para-hydroxylation sites is 1. The number of thiazole rings is 1. The Morgan fingerprint density at radius 3 is 2.43 bits per heavy atom. The molecule has 0 radical (unpaired) electrons. The van der Waals surface area contributed by atoms with Crippen LogP contribution in [0.2, 0.25) is 0 Å². The number of alkyl halides is 5. The number of anilines is 2. The minimum atomic E-state index is -5.06. The van der Waals surface area contributed by atoms with Crippen LogP contribution in [-0.2, 0) is 46.9 Å². The van der Waals surface area contributed by atoms with Crippen LogP contribution in [0.15, 0.2) is 42.5 Å². The first kappa shape index (κ1) is 41.0. The lowest BCUT2D eigenvalue weighted by atomic mass is 9.91. The van der Waals surface area contributed by atoms with Crippen molar-refractivity contribution in [3.05, 3.63) is 82.3 Å². The van der Waals surface area contributed by atoms with E-state index < -0.39 is 81.0 Å². The molecule has 1 amide bonds. The topological polar surface area (TPSA) is 166 Å². The molecule has 3 aliphatic rings. The van der Waals surface area contributed by atoms with Crippen LogP contribution in [0.3, 0.4) is 0 Å². The molecule has 6 aromatic rings. The van der Waals surface area contributed by atoms with E-state index in [1.807, 2.05) is 6.92 Å². The number of halogens is 7. The van der Waals surface area contributed by atoms with E-state index in [9.17, 15) is 35.2 Å². The number of benzene rings is 2. The standard InChI is InChI=1S/C39H37F7N10O3S2/c1-37(47)7-9-55(10-8-37)36-50-35-27(60-36)16-23(21-5-4-6-22-31(21)54(2)52-34(22)53-61(3,58)59)30(49-35)26(13-18-11-19(40)14-20(41)12-18)48-28(57)17-56-33-29(32(51-56)39(44,45)46)24-15-25(24)38(33,42)43/h4-6,11-12,14,16,24-26H,7-10,13,15,17,47H2,1-3H3,(H,48,57)(H,52,53)/t24-,25?,26?/m0/s1. The van der Waals surface area contributed by atoms with E-state index in [-0.39, 0.29) is 41.1 Å². The van der Waals surface area contributed by atoms with Gasteiger partial charge < -0.3 is 16.0 Å². The molecule has 0 bridgehead atoms. The van der Waals surface area contributed by atoms with Crippen LogP contribution < -0.4 is 20.7 Å². The van der Waals surface area contributed by atoms with Crippen LogP contribution in [0.5, 0.6) is 0 Å². The summed E-state index contributed by atoms with van der Waals surface area (Å²) in [4.78, 5) is 25.9. The fraction of sp³-hybridized carbons (Fsp3) is 0.410. The average Bonchev–Trinajstić information content (AvgIpc) is 3.41. The quantitative estimate of drug-likeness (QED) is 0.126. The molecule has 4 N–H and O–H groups in total. The number of sulfonamides is 1. The Labute approximate surface area is 347 Å². The van der Waals surface area contributed by atoms with Gasteiger partial charge in [0.1, 0.15) is 23.9 Å². The molecule has 2 unspecified atom stereocenters. The molecule has 22 heteroatoms. The van der Waals surface area contributed by atoms with E-state index in [2.05, 4.69) is 25.1 Å². The molecule has 5 heterocycles. The van der Waals surface area contributed by atoms with Gasteiger partial charge in [-0.15, -0.1) is 0 Å². The SMILES string of the molecule is Cn1nc(NS(C)(=O)=O)c2cccc(-c3cc4sc(N5CCC(C)(N)CC5)nc4nc3C(Cc3cc(F)cc(F)c3)NC(=O)Cn3nc(C(F)(F)F)c4c3C(F)(F)C3C[C@H]43)c21. The van der Waals surface area contributed by atoms with Crippen molar-refractivity contribution in [3.8, 4) is 11.1 Å². The summed E-state index contributed by atoms with van der Waals surface area (Å²) >= 11 is 1.33. The predicted octanol–water partition coefficient (Wildman–Crippen LogP) is 6.74. The number of aromatic nitrogens is 6. The van der Waals surface area contributed by atoms with Gasteiger partial charge in [0, 0.05) is 59.7 Å². The van der Waals surface area contributed by atoms with Crippen molar-refractivity contribution in [1.82, 2.24) is 34.8 Å². The Balaban J connectivity index is 1.19. The second-order valence-electron chi connectivity index (χ2n) is 16.4. The first-order chi connectivity index (χ1) is 28.6. The molecule has 2 fully saturated rings. The molecule has 4 aromatic heterocycles. The number of nitrogens with two attached hydrogens (primary N) is 1. The van der Waals surface area contributed by atoms with Crippen LogP contribution in [0.4, 0.5) is 41.7 Å². The van der Waals surface area contributed by atoms with E-state index in [1.165, 1.54) is 16.0 Å². The Hall–Kier alpha value is -5.35. The number of amides is 1. The second-order valence-corrected chi connectivity index (χ2v) is 19.1. The van der Waals surface area contributed by atoms with E-state index in [1.54, 1.807) is 31.3 Å². The van der Waals surface area contributed by atoms with Crippen molar-refractivity contribution in [2.75, 3.05) is 29.0 Å². The van der Waals surface area contributed by atoms with Gasteiger partial charge in [0.25, 0.3) is 5.92 Å². The fourth-order valence-electron chi connectivity index (χ4n) is 8.65. The average molecular weight is 891 g/mol. The highest BCUT2D eigenvalue weighted by Crippen LogP contribution is 2.68. The predicted molar refractivity (Wildman–Crippen MR) is 213 cm³/mol. The summed E-state index contributed by atoms with van der Waals surface area (Å²) in [5.41, 5.74) is 4.56. The number of carbonyl (C=O) groups is 1. The number of aryl methyl sites for hydroxylation is 1. The first-order valence-electron chi connectivity index (χ1n) is 19.2.